The first-order chi connectivity index (χ1) is 8.45. The van der Waals surface area contributed by atoms with Crippen LogP contribution in [0.1, 0.15) is 52.9 Å². The van der Waals surface area contributed by atoms with Crippen molar-refractivity contribution in [1.82, 2.24) is 4.90 Å². The van der Waals surface area contributed by atoms with Gasteiger partial charge < -0.3 is 15.3 Å². The molecule has 4 heteroatoms. The van der Waals surface area contributed by atoms with E-state index < -0.39 is 6.29 Å². The van der Waals surface area contributed by atoms with Crippen LogP contribution in [-0.4, -0.2) is 45.3 Å². The lowest BCUT2D eigenvalue weighted by Gasteiger charge is -2.33. The third kappa shape index (κ3) is 4.50. The molecular formula is C14H29NO3. The maximum Gasteiger partial charge on any atom is 0.154 e. The molecule has 0 aromatic rings. The second-order valence-corrected chi connectivity index (χ2v) is 5.96. The topological polar surface area (TPSA) is 63.9 Å². The molecule has 0 radical (unpaired) electrons. The molecule has 3 N–H and O–H groups in total. The van der Waals surface area contributed by atoms with Gasteiger partial charge in [-0.15, -0.1) is 0 Å². The predicted molar refractivity (Wildman–Crippen MR) is 71.8 cm³/mol. The highest BCUT2D eigenvalue weighted by atomic mass is 16.5. The molecule has 4 nitrogen and oxygen atoms in total. The number of aliphatic hydroxyl groups is 3. The van der Waals surface area contributed by atoms with Gasteiger partial charge in [-0.2, -0.15) is 0 Å². The SMILES string of the molecule is CCC(CC(CC(C)C)C(O)O)N1CCCC1O. The van der Waals surface area contributed by atoms with Crippen molar-refractivity contribution in [2.24, 2.45) is 11.8 Å². The number of hydrogen-bond acceptors (Lipinski definition) is 4. The van der Waals surface area contributed by atoms with Gasteiger partial charge >= 0.3 is 0 Å². The Bertz CT molecular complexity index is 233. The number of aliphatic hydroxyl groups excluding tert-OH is 2. The van der Waals surface area contributed by atoms with Crippen molar-refractivity contribution in [1.29, 1.82) is 0 Å². The lowest BCUT2D eigenvalue weighted by atomic mass is 9.89. The molecule has 0 aliphatic carbocycles. The Kier molecular flexibility index (Phi) is 6.57. The maximum atomic E-state index is 9.92. The number of hydrogen-bond donors (Lipinski definition) is 3. The first-order valence-corrected chi connectivity index (χ1v) is 7.25. The van der Waals surface area contributed by atoms with E-state index in [2.05, 4.69) is 25.7 Å². The third-order valence-corrected chi connectivity index (χ3v) is 3.97. The zero-order valence-electron chi connectivity index (χ0n) is 11.9. The zero-order valence-corrected chi connectivity index (χ0v) is 11.9. The summed E-state index contributed by atoms with van der Waals surface area (Å²) in [5.74, 6) is 0.362. The van der Waals surface area contributed by atoms with Crippen molar-refractivity contribution < 1.29 is 15.3 Å². The molecule has 3 unspecified atom stereocenters. The third-order valence-electron chi connectivity index (χ3n) is 3.97. The smallest absolute Gasteiger partial charge is 0.154 e. The van der Waals surface area contributed by atoms with Crippen molar-refractivity contribution in [2.75, 3.05) is 6.54 Å². The number of rotatable bonds is 7. The van der Waals surface area contributed by atoms with Crippen LogP contribution >= 0.6 is 0 Å². The molecule has 0 spiro atoms. The second kappa shape index (κ2) is 7.43. The van der Waals surface area contributed by atoms with Gasteiger partial charge in [-0.25, -0.2) is 0 Å². The average Bonchev–Trinajstić information content (AvgIpc) is 2.70. The number of likely N-dealkylation sites (tertiary alicyclic amines) is 1. The molecule has 1 rings (SSSR count). The van der Waals surface area contributed by atoms with Crippen LogP contribution in [0.25, 0.3) is 0 Å². The Morgan fingerprint density at radius 3 is 2.28 bits per heavy atom. The predicted octanol–water partition coefficient (Wildman–Crippen LogP) is 1.54. The van der Waals surface area contributed by atoms with Gasteiger partial charge in [0, 0.05) is 18.5 Å². The molecule has 108 valence electrons. The van der Waals surface area contributed by atoms with Gasteiger partial charge in [-0.05, 0) is 38.0 Å². The summed E-state index contributed by atoms with van der Waals surface area (Å²) in [6.45, 7) is 7.23. The van der Waals surface area contributed by atoms with E-state index in [0.29, 0.717) is 5.92 Å². The highest BCUT2D eigenvalue weighted by Gasteiger charge is 2.31. The fourth-order valence-electron chi connectivity index (χ4n) is 3.03. The summed E-state index contributed by atoms with van der Waals surface area (Å²) in [7, 11) is 0. The van der Waals surface area contributed by atoms with Gasteiger partial charge in [0.1, 0.15) is 6.23 Å². The van der Waals surface area contributed by atoms with Crippen molar-refractivity contribution in [3.8, 4) is 0 Å². The first kappa shape index (κ1) is 15.9. The summed E-state index contributed by atoms with van der Waals surface area (Å²) < 4.78 is 0. The van der Waals surface area contributed by atoms with Crippen molar-refractivity contribution in [3.63, 3.8) is 0 Å². The van der Waals surface area contributed by atoms with Crippen LogP contribution in [0.5, 0.6) is 0 Å². The normalized spacial score (nSPS) is 25.0. The number of nitrogens with zero attached hydrogens (tertiary/aromatic N) is 1. The molecule has 0 aromatic heterocycles. The summed E-state index contributed by atoms with van der Waals surface area (Å²) in [6, 6.07) is 0.257. The van der Waals surface area contributed by atoms with Gasteiger partial charge in [-0.1, -0.05) is 20.8 Å². The first-order valence-electron chi connectivity index (χ1n) is 7.25. The molecule has 3 atom stereocenters. The van der Waals surface area contributed by atoms with E-state index in [0.717, 1.165) is 38.6 Å². The van der Waals surface area contributed by atoms with E-state index in [-0.39, 0.29) is 18.2 Å². The lowest BCUT2D eigenvalue weighted by molar-refractivity contribution is -0.101. The zero-order chi connectivity index (χ0) is 13.7. The van der Waals surface area contributed by atoms with E-state index in [9.17, 15) is 15.3 Å². The molecule has 18 heavy (non-hydrogen) atoms. The van der Waals surface area contributed by atoms with E-state index in [1.54, 1.807) is 0 Å². The van der Waals surface area contributed by atoms with Crippen LogP contribution in [0.2, 0.25) is 0 Å². The molecular weight excluding hydrogens is 230 g/mol. The van der Waals surface area contributed by atoms with E-state index in [1.165, 1.54) is 0 Å². The Morgan fingerprint density at radius 1 is 1.22 bits per heavy atom. The van der Waals surface area contributed by atoms with Crippen molar-refractivity contribution in [3.05, 3.63) is 0 Å². The monoisotopic (exact) mass is 259 g/mol. The average molecular weight is 259 g/mol. The van der Waals surface area contributed by atoms with E-state index >= 15 is 0 Å². The van der Waals surface area contributed by atoms with Gasteiger partial charge in [-0.3, -0.25) is 4.90 Å². The lowest BCUT2D eigenvalue weighted by Crippen LogP contribution is -2.41. The summed E-state index contributed by atoms with van der Waals surface area (Å²) in [6.07, 6.45) is 2.80. The van der Waals surface area contributed by atoms with Crippen LogP contribution in [0.15, 0.2) is 0 Å². The minimum absolute atomic E-state index is 0.0947. The van der Waals surface area contributed by atoms with E-state index in [4.69, 9.17) is 0 Å². The Morgan fingerprint density at radius 2 is 1.89 bits per heavy atom. The minimum atomic E-state index is -1.25. The van der Waals surface area contributed by atoms with Crippen LogP contribution < -0.4 is 0 Å². The largest absolute Gasteiger partial charge is 0.378 e. The molecule has 1 fully saturated rings. The molecule has 1 saturated heterocycles. The molecule has 1 aliphatic heterocycles. The summed E-state index contributed by atoms with van der Waals surface area (Å²) in [5, 5.41) is 28.9. The summed E-state index contributed by atoms with van der Waals surface area (Å²) in [4.78, 5) is 2.12. The van der Waals surface area contributed by atoms with Crippen LogP contribution in [0.3, 0.4) is 0 Å². The quantitative estimate of drug-likeness (QED) is 0.607. The molecule has 0 saturated carbocycles. The Hall–Kier alpha value is -0.160. The van der Waals surface area contributed by atoms with Crippen LogP contribution in [-0.2, 0) is 0 Å². The molecule has 1 heterocycles. The molecule has 0 amide bonds. The van der Waals surface area contributed by atoms with Crippen LogP contribution in [0, 0.1) is 11.8 Å². The van der Waals surface area contributed by atoms with Crippen molar-refractivity contribution >= 4 is 0 Å². The van der Waals surface area contributed by atoms with E-state index in [1.807, 2.05) is 0 Å². The summed E-state index contributed by atoms with van der Waals surface area (Å²) >= 11 is 0. The van der Waals surface area contributed by atoms with Gasteiger partial charge in [0.05, 0.1) is 0 Å². The molecule has 0 bridgehead atoms. The van der Waals surface area contributed by atoms with Gasteiger partial charge in [0.15, 0.2) is 6.29 Å². The fourth-order valence-corrected chi connectivity index (χ4v) is 3.03. The van der Waals surface area contributed by atoms with Gasteiger partial charge in [0.25, 0.3) is 0 Å². The maximum absolute atomic E-state index is 9.92. The van der Waals surface area contributed by atoms with Crippen molar-refractivity contribution in [2.45, 2.75) is 71.4 Å². The highest BCUT2D eigenvalue weighted by molar-refractivity contribution is 4.81. The molecule has 1 aliphatic rings. The Labute approximate surface area is 111 Å². The molecule has 0 aromatic carbocycles. The summed E-state index contributed by atoms with van der Waals surface area (Å²) in [5.41, 5.74) is 0. The Balaban J connectivity index is 2.58. The van der Waals surface area contributed by atoms with Gasteiger partial charge in [0.2, 0.25) is 0 Å². The standard InChI is InChI=1S/C14H29NO3/c1-4-12(15-7-5-6-13(15)16)9-11(14(17)18)8-10(2)3/h10-14,16-18H,4-9H2,1-3H3. The highest BCUT2D eigenvalue weighted by Crippen LogP contribution is 2.27. The second-order valence-electron chi connectivity index (χ2n) is 5.96. The fraction of sp³-hybridized carbons (Fsp3) is 1.00. The minimum Gasteiger partial charge on any atom is -0.378 e. The van der Waals surface area contributed by atoms with Crippen LogP contribution in [0.4, 0.5) is 0 Å².